The molecule has 1 aliphatic heterocycles. The van der Waals surface area contributed by atoms with Crippen molar-refractivity contribution in [3.05, 3.63) is 64.1 Å². The van der Waals surface area contributed by atoms with Gasteiger partial charge >= 0.3 is 5.97 Å². The number of piperazine rings is 1. The monoisotopic (exact) mass is 396 g/mol. The van der Waals surface area contributed by atoms with Crippen LogP contribution in [0.25, 0.3) is 0 Å². The molecular formula is C21H24N4O4. The van der Waals surface area contributed by atoms with Crippen LogP contribution in [0.1, 0.15) is 15.9 Å². The molecule has 3 rings (SSSR count). The van der Waals surface area contributed by atoms with Crippen LogP contribution >= 0.6 is 0 Å². The average Bonchev–Trinajstić information content (AvgIpc) is 2.75. The van der Waals surface area contributed by atoms with Gasteiger partial charge in [-0.15, -0.1) is 0 Å². The molecule has 0 aliphatic carbocycles. The highest BCUT2D eigenvalue weighted by Crippen LogP contribution is 2.15. The predicted octanol–water partition coefficient (Wildman–Crippen LogP) is 0.690. The number of benzene rings is 1. The Kier molecular flexibility index (Phi) is 6.65. The largest absolute Gasteiger partial charge is 0.465 e. The maximum Gasteiger partial charge on any atom is 0.339 e. The number of para-hydroxylation sites is 1. The minimum absolute atomic E-state index is 0.00273. The molecule has 2 heterocycles. The van der Waals surface area contributed by atoms with E-state index in [0.717, 1.165) is 26.2 Å². The number of rotatable bonds is 6. The molecule has 1 saturated heterocycles. The van der Waals surface area contributed by atoms with Gasteiger partial charge in [0.1, 0.15) is 11.6 Å². The van der Waals surface area contributed by atoms with E-state index >= 15 is 0 Å². The lowest BCUT2D eigenvalue weighted by Gasteiger charge is -2.37. The van der Waals surface area contributed by atoms with Crippen molar-refractivity contribution < 1.29 is 14.6 Å². The van der Waals surface area contributed by atoms with Crippen LogP contribution < -0.4 is 10.5 Å². The fourth-order valence-corrected chi connectivity index (χ4v) is 3.49. The van der Waals surface area contributed by atoms with Crippen molar-refractivity contribution in [3.63, 3.8) is 0 Å². The van der Waals surface area contributed by atoms with Crippen LogP contribution in [0.4, 0.5) is 5.69 Å². The third-order valence-electron chi connectivity index (χ3n) is 5.00. The standard InChI is InChI=1S/C21H24N4O4/c1-29-21(28)17-11-16(12-22)20(27)25(13-17)15-19(26)14-23-7-9-24(10-8-23)18-5-3-2-4-6-18/h2-6,11,13,19,26H,7-10,14-15H2,1H3/t19-/m1/s1. The van der Waals surface area contributed by atoms with Crippen molar-refractivity contribution in [2.45, 2.75) is 12.6 Å². The van der Waals surface area contributed by atoms with E-state index in [1.165, 1.54) is 29.6 Å². The molecule has 2 aromatic rings. The number of aromatic nitrogens is 1. The molecule has 1 N–H and O–H groups in total. The number of β-amino-alcohol motifs (C(OH)–C–C–N with tert-alkyl or cyclic N) is 1. The van der Waals surface area contributed by atoms with E-state index in [1.807, 2.05) is 18.2 Å². The van der Waals surface area contributed by atoms with Gasteiger partial charge in [-0.2, -0.15) is 5.26 Å². The molecule has 1 aromatic carbocycles. The van der Waals surface area contributed by atoms with E-state index < -0.39 is 17.6 Å². The van der Waals surface area contributed by atoms with Gasteiger partial charge in [0.2, 0.25) is 0 Å². The molecule has 8 heteroatoms. The minimum atomic E-state index is -0.810. The number of carbonyl (C=O) groups excluding carboxylic acids is 1. The molecule has 1 fully saturated rings. The third-order valence-corrected chi connectivity index (χ3v) is 5.00. The Morgan fingerprint density at radius 2 is 1.90 bits per heavy atom. The van der Waals surface area contributed by atoms with Crippen LogP contribution in [0.5, 0.6) is 0 Å². The van der Waals surface area contributed by atoms with Gasteiger partial charge in [0.25, 0.3) is 5.56 Å². The third kappa shape index (κ3) is 5.02. The summed E-state index contributed by atoms with van der Waals surface area (Å²) >= 11 is 0. The van der Waals surface area contributed by atoms with E-state index in [9.17, 15) is 14.7 Å². The lowest BCUT2D eigenvalue weighted by Crippen LogP contribution is -2.49. The molecule has 0 bridgehead atoms. The Labute approximate surface area is 169 Å². The molecule has 8 nitrogen and oxygen atoms in total. The number of nitriles is 1. The quantitative estimate of drug-likeness (QED) is 0.717. The number of anilines is 1. The van der Waals surface area contributed by atoms with Crippen molar-refractivity contribution in [2.24, 2.45) is 0 Å². The Morgan fingerprint density at radius 1 is 1.21 bits per heavy atom. The van der Waals surface area contributed by atoms with Crippen LogP contribution in [-0.2, 0) is 11.3 Å². The normalized spacial score (nSPS) is 15.6. The fourth-order valence-electron chi connectivity index (χ4n) is 3.49. The van der Waals surface area contributed by atoms with Crippen molar-refractivity contribution in [2.75, 3.05) is 44.7 Å². The number of methoxy groups -OCH3 is 1. The molecule has 0 saturated carbocycles. The summed E-state index contributed by atoms with van der Waals surface area (Å²) in [7, 11) is 1.23. The maximum absolute atomic E-state index is 12.3. The summed E-state index contributed by atoms with van der Waals surface area (Å²) in [6.07, 6.45) is 0.515. The number of aliphatic hydroxyl groups is 1. The molecule has 1 aliphatic rings. The number of ether oxygens (including phenoxy) is 1. The number of nitrogens with zero attached hydrogens (tertiary/aromatic N) is 4. The number of hydrogen-bond acceptors (Lipinski definition) is 7. The molecule has 0 spiro atoms. The van der Waals surface area contributed by atoms with Gasteiger partial charge in [-0.25, -0.2) is 4.79 Å². The van der Waals surface area contributed by atoms with E-state index in [2.05, 4.69) is 26.7 Å². The molecule has 0 radical (unpaired) electrons. The highest BCUT2D eigenvalue weighted by Gasteiger charge is 2.21. The van der Waals surface area contributed by atoms with Crippen LogP contribution in [0.3, 0.4) is 0 Å². The molecule has 29 heavy (non-hydrogen) atoms. The number of aliphatic hydroxyl groups excluding tert-OH is 1. The van der Waals surface area contributed by atoms with Gasteiger partial charge < -0.3 is 19.3 Å². The van der Waals surface area contributed by atoms with Gasteiger partial charge in [-0.1, -0.05) is 18.2 Å². The zero-order valence-corrected chi connectivity index (χ0v) is 16.3. The smallest absolute Gasteiger partial charge is 0.339 e. The summed E-state index contributed by atoms with van der Waals surface area (Å²) < 4.78 is 5.87. The van der Waals surface area contributed by atoms with E-state index in [0.29, 0.717) is 6.54 Å². The van der Waals surface area contributed by atoms with Crippen LogP contribution in [0.2, 0.25) is 0 Å². The maximum atomic E-state index is 12.3. The molecule has 1 aromatic heterocycles. The second-order valence-electron chi connectivity index (χ2n) is 6.98. The SMILES string of the molecule is COC(=O)c1cc(C#N)c(=O)n(C[C@H](O)CN2CCN(c3ccccc3)CC2)c1. The van der Waals surface area contributed by atoms with Gasteiger partial charge in [-0.05, 0) is 18.2 Å². The Bertz CT molecular complexity index is 943. The zero-order chi connectivity index (χ0) is 20.8. The second kappa shape index (κ2) is 9.37. The van der Waals surface area contributed by atoms with Crippen molar-refractivity contribution in [3.8, 4) is 6.07 Å². The molecule has 0 amide bonds. The van der Waals surface area contributed by atoms with Crippen molar-refractivity contribution in [1.29, 1.82) is 5.26 Å². The Balaban J connectivity index is 1.61. The summed E-state index contributed by atoms with van der Waals surface area (Å²) in [5.74, 6) is -0.637. The van der Waals surface area contributed by atoms with E-state index in [4.69, 9.17) is 5.26 Å². The number of hydrogen-bond donors (Lipinski definition) is 1. The summed E-state index contributed by atoms with van der Waals surface area (Å²) in [5, 5.41) is 19.6. The highest BCUT2D eigenvalue weighted by atomic mass is 16.5. The minimum Gasteiger partial charge on any atom is -0.465 e. The topological polar surface area (TPSA) is 98.8 Å². The molecule has 152 valence electrons. The molecule has 0 unspecified atom stereocenters. The van der Waals surface area contributed by atoms with Gasteiger partial charge in [-0.3, -0.25) is 9.69 Å². The average molecular weight is 396 g/mol. The van der Waals surface area contributed by atoms with Gasteiger partial charge in [0, 0.05) is 44.6 Å². The first-order valence-corrected chi connectivity index (χ1v) is 9.45. The summed E-state index contributed by atoms with van der Waals surface area (Å²) in [4.78, 5) is 28.6. The summed E-state index contributed by atoms with van der Waals surface area (Å²) in [5.41, 5.74) is 0.597. The fraction of sp³-hybridized carbons (Fsp3) is 0.381. The van der Waals surface area contributed by atoms with Crippen molar-refractivity contribution >= 4 is 11.7 Å². The molecular weight excluding hydrogens is 372 g/mol. The Morgan fingerprint density at radius 3 is 2.52 bits per heavy atom. The first kappa shape index (κ1) is 20.6. The summed E-state index contributed by atoms with van der Waals surface area (Å²) in [6, 6.07) is 13.2. The van der Waals surface area contributed by atoms with Crippen LogP contribution in [0.15, 0.2) is 47.4 Å². The molecule has 1 atom stereocenters. The predicted molar refractivity (Wildman–Crippen MR) is 108 cm³/mol. The van der Waals surface area contributed by atoms with Gasteiger partial charge in [0.05, 0.1) is 25.3 Å². The zero-order valence-electron chi connectivity index (χ0n) is 16.3. The van der Waals surface area contributed by atoms with Crippen LogP contribution in [-0.4, -0.2) is 66.5 Å². The first-order valence-electron chi connectivity index (χ1n) is 9.45. The summed E-state index contributed by atoms with van der Waals surface area (Å²) in [6.45, 7) is 3.70. The lowest BCUT2D eigenvalue weighted by molar-refractivity contribution is 0.0597. The Hall–Kier alpha value is -3.15. The van der Waals surface area contributed by atoms with Crippen LogP contribution in [0, 0.1) is 11.3 Å². The number of esters is 1. The van der Waals surface area contributed by atoms with Crippen molar-refractivity contribution in [1.82, 2.24) is 9.47 Å². The van der Waals surface area contributed by atoms with E-state index in [1.54, 1.807) is 6.07 Å². The first-order chi connectivity index (χ1) is 14.0. The number of pyridine rings is 1. The highest BCUT2D eigenvalue weighted by molar-refractivity contribution is 5.89. The van der Waals surface area contributed by atoms with Gasteiger partial charge in [0.15, 0.2) is 0 Å². The van der Waals surface area contributed by atoms with E-state index in [-0.39, 0.29) is 17.7 Å². The number of carbonyl (C=O) groups is 1. The lowest BCUT2D eigenvalue weighted by atomic mass is 10.2. The second-order valence-corrected chi connectivity index (χ2v) is 6.98.